The van der Waals surface area contributed by atoms with Gasteiger partial charge in [0.1, 0.15) is 11.3 Å². The molecular formula is C16H19ClN4. The van der Waals surface area contributed by atoms with E-state index in [1.807, 2.05) is 11.6 Å². The van der Waals surface area contributed by atoms with Crippen LogP contribution < -0.4 is 0 Å². The Bertz CT molecular complexity index is 785. The van der Waals surface area contributed by atoms with Gasteiger partial charge in [0, 0.05) is 6.54 Å². The molecule has 0 bridgehead atoms. The lowest BCUT2D eigenvalue weighted by molar-refractivity contribution is 0.638. The molecule has 0 unspecified atom stereocenters. The van der Waals surface area contributed by atoms with Gasteiger partial charge in [-0.3, -0.25) is 0 Å². The predicted octanol–water partition coefficient (Wildman–Crippen LogP) is 3.66. The van der Waals surface area contributed by atoms with Gasteiger partial charge in [0.2, 0.25) is 0 Å². The van der Waals surface area contributed by atoms with E-state index in [0.29, 0.717) is 5.88 Å². The highest BCUT2D eigenvalue weighted by Gasteiger charge is 2.18. The number of hydrogen-bond acceptors (Lipinski definition) is 2. The predicted molar refractivity (Wildman–Crippen MR) is 85.8 cm³/mol. The molecule has 0 aliphatic heterocycles. The van der Waals surface area contributed by atoms with Crippen molar-refractivity contribution in [1.29, 1.82) is 0 Å². The van der Waals surface area contributed by atoms with Gasteiger partial charge in [-0.15, -0.1) is 11.6 Å². The second-order valence-corrected chi connectivity index (χ2v) is 5.51. The molecule has 5 heteroatoms. The number of fused-ring (bicyclic) bond motifs is 1. The van der Waals surface area contributed by atoms with Gasteiger partial charge in [-0.05, 0) is 31.9 Å². The first-order valence-electron chi connectivity index (χ1n) is 7.18. The summed E-state index contributed by atoms with van der Waals surface area (Å²) in [6.45, 7) is 7.82. The van der Waals surface area contributed by atoms with Gasteiger partial charge in [-0.1, -0.05) is 24.3 Å². The van der Waals surface area contributed by atoms with E-state index < -0.39 is 0 Å². The Morgan fingerprint density at radius 2 is 1.95 bits per heavy atom. The minimum absolute atomic E-state index is 0.406. The molecule has 0 fully saturated rings. The van der Waals surface area contributed by atoms with Crippen LogP contribution in [0, 0.1) is 13.8 Å². The Hall–Kier alpha value is -1.81. The van der Waals surface area contributed by atoms with Gasteiger partial charge in [-0.25, -0.2) is 9.67 Å². The minimum atomic E-state index is 0.406. The normalized spacial score (nSPS) is 11.4. The molecule has 0 atom stereocenters. The molecule has 110 valence electrons. The monoisotopic (exact) mass is 302 g/mol. The summed E-state index contributed by atoms with van der Waals surface area (Å²) in [4.78, 5) is 4.67. The molecule has 3 rings (SSSR count). The van der Waals surface area contributed by atoms with Crippen molar-refractivity contribution in [2.45, 2.75) is 39.7 Å². The quantitative estimate of drug-likeness (QED) is 0.690. The van der Waals surface area contributed by atoms with Crippen LogP contribution in [0.15, 0.2) is 24.3 Å². The van der Waals surface area contributed by atoms with Gasteiger partial charge < -0.3 is 4.57 Å². The topological polar surface area (TPSA) is 35.6 Å². The molecule has 0 aliphatic carbocycles. The number of rotatable bonds is 4. The van der Waals surface area contributed by atoms with E-state index in [0.717, 1.165) is 35.8 Å². The molecule has 0 saturated carbocycles. The lowest BCUT2D eigenvalue weighted by atomic mass is 10.1. The lowest BCUT2D eigenvalue weighted by Gasteiger charge is -2.11. The van der Waals surface area contributed by atoms with E-state index >= 15 is 0 Å². The van der Waals surface area contributed by atoms with Crippen molar-refractivity contribution >= 4 is 22.8 Å². The lowest BCUT2D eigenvalue weighted by Crippen LogP contribution is -2.09. The highest BCUT2D eigenvalue weighted by Crippen LogP contribution is 2.23. The molecule has 0 amide bonds. The van der Waals surface area contributed by atoms with Crippen LogP contribution in [-0.2, 0) is 19.0 Å². The van der Waals surface area contributed by atoms with Crippen molar-refractivity contribution in [2.24, 2.45) is 0 Å². The maximum atomic E-state index is 6.10. The third-order valence-electron chi connectivity index (χ3n) is 3.89. The smallest absolute Gasteiger partial charge is 0.159 e. The molecule has 4 nitrogen and oxygen atoms in total. The Labute approximate surface area is 129 Å². The zero-order chi connectivity index (χ0) is 15.0. The van der Waals surface area contributed by atoms with E-state index in [9.17, 15) is 0 Å². The number of alkyl halides is 1. The summed E-state index contributed by atoms with van der Waals surface area (Å²) < 4.78 is 4.19. The van der Waals surface area contributed by atoms with Gasteiger partial charge in [0.25, 0.3) is 0 Å². The summed E-state index contributed by atoms with van der Waals surface area (Å²) >= 11 is 6.10. The van der Waals surface area contributed by atoms with Crippen LogP contribution in [0.3, 0.4) is 0 Å². The molecular weight excluding hydrogens is 284 g/mol. The van der Waals surface area contributed by atoms with Crippen LogP contribution in [0.5, 0.6) is 0 Å². The highest BCUT2D eigenvalue weighted by atomic mass is 35.5. The standard InChI is InChI=1S/C16H19ClN4/c1-4-21-16-15(12(3)19-21)18-14(9-17)20(16)10-13-8-6-5-7-11(13)2/h5-8H,4,9-10H2,1-3H3. The van der Waals surface area contributed by atoms with Gasteiger partial charge >= 0.3 is 0 Å². The molecule has 0 N–H and O–H groups in total. The molecule has 1 aromatic carbocycles. The number of aromatic nitrogens is 4. The number of nitrogens with zero attached hydrogens (tertiary/aromatic N) is 4. The van der Waals surface area contributed by atoms with Gasteiger partial charge in [0.15, 0.2) is 5.65 Å². The van der Waals surface area contributed by atoms with Crippen LogP contribution in [0.4, 0.5) is 0 Å². The number of benzene rings is 1. The average molecular weight is 303 g/mol. The third kappa shape index (κ3) is 2.33. The zero-order valence-electron chi connectivity index (χ0n) is 12.6. The maximum Gasteiger partial charge on any atom is 0.159 e. The van der Waals surface area contributed by atoms with Crippen molar-refractivity contribution in [1.82, 2.24) is 19.3 Å². The van der Waals surface area contributed by atoms with E-state index in [1.165, 1.54) is 11.1 Å². The Kier molecular flexibility index (Phi) is 3.72. The first kappa shape index (κ1) is 14.1. The van der Waals surface area contributed by atoms with E-state index in [4.69, 9.17) is 11.6 Å². The minimum Gasteiger partial charge on any atom is -0.307 e. The third-order valence-corrected chi connectivity index (χ3v) is 4.13. The van der Waals surface area contributed by atoms with Crippen LogP contribution in [-0.4, -0.2) is 19.3 Å². The SMILES string of the molecule is CCn1nc(C)c2nc(CCl)n(Cc3ccccc3C)c21. The Balaban J connectivity index is 2.18. The fourth-order valence-corrected chi connectivity index (χ4v) is 2.92. The van der Waals surface area contributed by atoms with Crippen molar-refractivity contribution in [3.63, 3.8) is 0 Å². The number of halogens is 1. The first-order valence-corrected chi connectivity index (χ1v) is 7.72. The first-order chi connectivity index (χ1) is 10.2. The van der Waals surface area contributed by atoms with E-state index in [2.05, 4.69) is 52.8 Å². The van der Waals surface area contributed by atoms with Crippen LogP contribution >= 0.6 is 11.6 Å². The van der Waals surface area contributed by atoms with Crippen molar-refractivity contribution in [2.75, 3.05) is 0 Å². The van der Waals surface area contributed by atoms with E-state index in [-0.39, 0.29) is 0 Å². The second-order valence-electron chi connectivity index (χ2n) is 5.25. The van der Waals surface area contributed by atoms with Gasteiger partial charge in [0.05, 0.1) is 18.1 Å². The zero-order valence-corrected chi connectivity index (χ0v) is 13.4. The van der Waals surface area contributed by atoms with Crippen LogP contribution in [0.1, 0.15) is 29.6 Å². The molecule has 21 heavy (non-hydrogen) atoms. The molecule has 2 heterocycles. The fraction of sp³-hybridized carbons (Fsp3) is 0.375. The summed E-state index contributed by atoms with van der Waals surface area (Å²) in [7, 11) is 0. The van der Waals surface area contributed by atoms with E-state index in [1.54, 1.807) is 0 Å². The molecule has 0 aliphatic rings. The molecule has 0 spiro atoms. The molecule has 0 radical (unpaired) electrons. The molecule has 3 aromatic rings. The van der Waals surface area contributed by atoms with Crippen molar-refractivity contribution in [3.8, 4) is 0 Å². The Morgan fingerprint density at radius 3 is 2.62 bits per heavy atom. The summed E-state index contributed by atoms with van der Waals surface area (Å²) in [5, 5.41) is 4.56. The average Bonchev–Trinajstić information content (AvgIpc) is 3.00. The summed E-state index contributed by atoms with van der Waals surface area (Å²) in [5.74, 6) is 1.31. The van der Waals surface area contributed by atoms with Crippen LogP contribution in [0.2, 0.25) is 0 Å². The number of hydrogen-bond donors (Lipinski definition) is 0. The number of imidazole rings is 1. The van der Waals surface area contributed by atoms with Crippen molar-refractivity contribution < 1.29 is 0 Å². The fourth-order valence-electron chi connectivity index (χ4n) is 2.72. The highest BCUT2D eigenvalue weighted by molar-refractivity contribution is 6.16. The Morgan fingerprint density at radius 1 is 1.19 bits per heavy atom. The van der Waals surface area contributed by atoms with Crippen LogP contribution in [0.25, 0.3) is 11.2 Å². The molecule has 2 aromatic heterocycles. The largest absolute Gasteiger partial charge is 0.307 e. The summed E-state index contributed by atoms with van der Waals surface area (Å²) in [6.07, 6.45) is 0. The number of aryl methyl sites for hydroxylation is 3. The second kappa shape index (κ2) is 5.53. The molecule has 0 saturated heterocycles. The maximum absolute atomic E-state index is 6.10. The van der Waals surface area contributed by atoms with Crippen molar-refractivity contribution in [3.05, 3.63) is 46.9 Å². The summed E-state index contributed by atoms with van der Waals surface area (Å²) in [5.41, 5.74) is 5.54. The van der Waals surface area contributed by atoms with Gasteiger partial charge in [-0.2, -0.15) is 5.10 Å². The summed E-state index contributed by atoms with van der Waals surface area (Å²) in [6, 6.07) is 8.41.